The molecule has 0 fully saturated rings. The fourth-order valence-corrected chi connectivity index (χ4v) is 1.25. The van der Waals surface area contributed by atoms with E-state index in [0.29, 0.717) is 6.61 Å². The van der Waals surface area contributed by atoms with Gasteiger partial charge in [-0.1, -0.05) is 42.3 Å². The van der Waals surface area contributed by atoms with E-state index in [4.69, 9.17) is 4.74 Å². The Kier molecular flexibility index (Phi) is 8.28. The number of hydrogen-bond donors (Lipinski definition) is 0. The number of halogens is 1. The second-order valence-corrected chi connectivity index (χ2v) is 3.66. The standard InChI is InChI=1S/C11H17BrO3/c1-3-5-6-9(10(13)8-12)11(14)15-7-4-2/h6H,3-5,7-8H2,1-2H3. The van der Waals surface area contributed by atoms with Gasteiger partial charge < -0.3 is 4.74 Å². The first-order valence-corrected chi connectivity index (χ1v) is 6.25. The molecule has 0 N–H and O–H groups in total. The third-order valence-corrected chi connectivity index (χ3v) is 2.23. The summed E-state index contributed by atoms with van der Waals surface area (Å²) in [5.41, 5.74) is 0.169. The number of carbonyl (C=O) groups excluding carboxylic acids is 2. The minimum Gasteiger partial charge on any atom is -0.462 e. The SMILES string of the molecule is CCCC=C(C(=O)CBr)C(=O)OCCC. The van der Waals surface area contributed by atoms with Gasteiger partial charge in [-0.15, -0.1) is 0 Å². The molecule has 0 rings (SSSR count). The number of rotatable bonds is 7. The zero-order valence-corrected chi connectivity index (χ0v) is 10.8. The summed E-state index contributed by atoms with van der Waals surface area (Å²) in [6.45, 7) is 4.26. The van der Waals surface area contributed by atoms with E-state index in [1.54, 1.807) is 6.08 Å². The normalized spacial score (nSPS) is 11.3. The Morgan fingerprint density at radius 1 is 1.27 bits per heavy atom. The molecule has 0 aliphatic heterocycles. The monoisotopic (exact) mass is 276 g/mol. The zero-order chi connectivity index (χ0) is 11.7. The highest BCUT2D eigenvalue weighted by molar-refractivity contribution is 9.09. The van der Waals surface area contributed by atoms with Crippen LogP contribution >= 0.6 is 15.9 Å². The lowest BCUT2D eigenvalue weighted by atomic mass is 10.1. The number of Topliss-reactive ketones (excluding diaryl/α,β-unsaturated/α-hetero) is 1. The van der Waals surface area contributed by atoms with Crippen LogP contribution in [0.15, 0.2) is 11.6 Å². The van der Waals surface area contributed by atoms with Crippen molar-refractivity contribution in [2.24, 2.45) is 0 Å². The van der Waals surface area contributed by atoms with Crippen molar-refractivity contribution in [3.05, 3.63) is 11.6 Å². The third-order valence-electron chi connectivity index (χ3n) is 1.72. The second kappa shape index (κ2) is 8.65. The summed E-state index contributed by atoms with van der Waals surface area (Å²) in [6, 6.07) is 0. The van der Waals surface area contributed by atoms with E-state index in [-0.39, 0.29) is 16.7 Å². The molecule has 0 spiro atoms. The van der Waals surface area contributed by atoms with Gasteiger partial charge in [-0.05, 0) is 12.8 Å². The Labute approximate surface area is 99.0 Å². The van der Waals surface area contributed by atoms with Crippen molar-refractivity contribution in [2.75, 3.05) is 11.9 Å². The molecule has 3 nitrogen and oxygen atoms in total. The lowest BCUT2D eigenvalue weighted by Gasteiger charge is -2.05. The van der Waals surface area contributed by atoms with E-state index in [1.165, 1.54) is 0 Å². The number of unbranched alkanes of at least 4 members (excludes halogenated alkanes) is 1. The van der Waals surface area contributed by atoms with Crippen LogP contribution < -0.4 is 0 Å². The van der Waals surface area contributed by atoms with Crippen LogP contribution in [-0.2, 0) is 14.3 Å². The maximum absolute atomic E-state index is 11.5. The molecule has 0 aliphatic carbocycles. The lowest BCUT2D eigenvalue weighted by Crippen LogP contribution is -2.17. The number of ketones is 1. The molecule has 4 heteroatoms. The van der Waals surface area contributed by atoms with Crippen molar-refractivity contribution >= 4 is 27.7 Å². The van der Waals surface area contributed by atoms with Crippen molar-refractivity contribution in [2.45, 2.75) is 33.1 Å². The van der Waals surface area contributed by atoms with Crippen LogP contribution in [-0.4, -0.2) is 23.7 Å². The van der Waals surface area contributed by atoms with Crippen molar-refractivity contribution in [3.8, 4) is 0 Å². The Balaban J connectivity index is 4.48. The van der Waals surface area contributed by atoms with Crippen LogP contribution in [0.3, 0.4) is 0 Å². The zero-order valence-electron chi connectivity index (χ0n) is 9.22. The largest absolute Gasteiger partial charge is 0.462 e. The third kappa shape index (κ3) is 5.72. The van der Waals surface area contributed by atoms with Gasteiger partial charge in [-0.3, -0.25) is 4.79 Å². The summed E-state index contributed by atoms with van der Waals surface area (Å²) in [7, 11) is 0. The highest BCUT2D eigenvalue weighted by Crippen LogP contribution is 2.06. The van der Waals surface area contributed by atoms with E-state index in [1.807, 2.05) is 13.8 Å². The Bertz CT molecular complexity index is 246. The fourth-order valence-electron chi connectivity index (χ4n) is 0.944. The summed E-state index contributed by atoms with van der Waals surface area (Å²) >= 11 is 3.05. The summed E-state index contributed by atoms with van der Waals surface area (Å²) in [5.74, 6) is -0.723. The molecule has 86 valence electrons. The molecule has 15 heavy (non-hydrogen) atoms. The highest BCUT2D eigenvalue weighted by atomic mass is 79.9. The molecule has 0 aromatic heterocycles. The van der Waals surface area contributed by atoms with Crippen LogP contribution in [0.5, 0.6) is 0 Å². The number of allylic oxidation sites excluding steroid dienone is 1. The van der Waals surface area contributed by atoms with E-state index >= 15 is 0 Å². The molecule has 0 unspecified atom stereocenters. The smallest absolute Gasteiger partial charge is 0.341 e. The molecular weight excluding hydrogens is 260 g/mol. The Morgan fingerprint density at radius 3 is 2.40 bits per heavy atom. The summed E-state index contributed by atoms with van der Waals surface area (Å²) in [5, 5.41) is 0.157. The molecule has 0 heterocycles. The van der Waals surface area contributed by atoms with Gasteiger partial charge in [-0.25, -0.2) is 4.79 Å². The first kappa shape index (κ1) is 14.4. The topological polar surface area (TPSA) is 43.4 Å². The van der Waals surface area contributed by atoms with Crippen LogP contribution in [0, 0.1) is 0 Å². The van der Waals surface area contributed by atoms with Crippen molar-refractivity contribution in [3.63, 3.8) is 0 Å². The van der Waals surface area contributed by atoms with Gasteiger partial charge in [0.05, 0.1) is 17.5 Å². The van der Waals surface area contributed by atoms with E-state index in [9.17, 15) is 9.59 Å². The molecule has 0 amide bonds. The van der Waals surface area contributed by atoms with Crippen LogP contribution in [0.1, 0.15) is 33.1 Å². The fraction of sp³-hybridized carbons (Fsp3) is 0.636. The number of esters is 1. The van der Waals surface area contributed by atoms with Gasteiger partial charge in [0.2, 0.25) is 0 Å². The minimum absolute atomic E-state index is 0.157. The van der Waals surface area contributed by atoms with E-state index in [0.717, 1.165) is 19.3 Å². The Morgan fingerprint density at radius 2 is 1.93 bits per heavy atom. The first-order chi connectivity index (χ1) is 7.17. The molecule has 0 aliphatic rings. The van der Waals surface area contributed by atoms with E-state index < -0.39 is 5.97 Å². The predicted molar refractivity (Wildman–Crippen MR) is 63.0 cm³/mol. The average molecular weight is 277 g/mol. The number of alkyl halides is 1. The molecule has 0 aromatic carbocycles. The van der Waals surface area contributed by atoms with Gasteiger partial charge in [0.15, 0.2) is 5.78 Å². The molecule has 0 atom stereocenters. The van der Waals surface area contributed by atoms with Gasteiger partial charge in [-0.2, -0.15) is 0 Å². The molecule has 0 bridgehead atoms. The second-order valence-electron chi connectivity index (χ2n) is 3.10. The minimum atomic E-state index is -0.505. The molecule has 0 radical (unpaired) electrons. The predicted octanol–water partition coefficient (Wildman–Crippen LogP) is 2.63. The van der Waals surface area contributed by atoms with Crippen molar-refractivity contribution in [1.82, 2.24) is 0 Å². The summed E-state index contributed by atoms with van der Waals surface area (Å²) in [4.78, 5) is 22.9. The van der Waals surface area contributed by atoms with Gasteiger partial charge >= 0.3 is 5.97 Å². The number of carbonyl (C=O) groups is 2. The number of hydrogen-bond acceptors (Lipinski definition) is 3. The van der Waals surface area contributed by atoms with Crippen LogP contribution in [0.25, 0.3) is 0 Å². The van der Waals surface area contributed by atoms with Crippen molar-refractivity contribution < 1.29 is 14.3 Å². The molecule has 0 saturated heterocycles. The van der Waals surface area contributed by atoms with Gasteiger partial charge in [0, 0.05) is 0 Å². The molecule has 0 saturated carbocycles. The average Bonchev–Trinajstić information content (AvgIpc) is 2.26. The summed E-state index contributed by atoms with van der Waals surface area (Å²) in [6.07, 6.45) is 4.03. The lowest BCUT2D eigenvalue weighted by molar-refractivity contribution is -0.140. The highest BCUT2D eigenvalue weighted by Gasteiger charge is 2.17. The quantitative estimate of drug-likeness (QED) is 0.236. The Hall–Kier alpha value is -0.640. The van der Waals surface area contributed by atoms with E-state index in [2.05, 4.69) is 15.9 Å². The molecule has 0 aromatic rings. The maximum Gasteiger partial charge on any atom is 0.341 e. The number of ether oxygens (including phenoxy) is 1. The van der Waals surface area contributed by atoms with Crippen LogP contribution in [0.2, 0.25) is 0 Å². The van der Waals surface area contributed by atoms with Crippen LogP contribution in [0.4, 0.5) is 0 Å². The maximum atomic E-state index is 11.5. The first-order valence-electron chi connectivity index (χ1n) is 5.13. The summed E-state index contributed by atoms with van der Waals surface area (Å²) < 4.78 is 4.92. The van der Waals surface area contributed by atoms with Gasteiger partial charge in [0.1, 0.15) is 0 Å². The van der Waals surface area contributed by atoms with Crippen molar-refractivity contribution in [1.29, 1.82) is 0 Å². The molecular formula is C11H17BrO3. The van der Waals surface area contributed by atoms with Gasteiger partial charge in [0.25, 0.3) is 0 Å².